The molecule has 6 heteroatoms. The minimum Gasteiger partial charge on any atom is -0.370 e. The zero-order valence-electron chi connectivity index (χ0n) is 16.5. The number of benzene rings is 1. The molecule has 1 fully saturated rings. The average molecular weight is 361 g/mol. The number of hydrogen-bond acceptors (Lipinski definition) is 3. The summed E-state index contributed by atoms with van der Waals surface area (Å²) >= 11 is 0. The van der Waals surface area contributed by atoms with Gasteiger partial charge in [0.2, 0.25) is 5.91 Å². The van der Waals surface area contributed by atoms with Crippen molar-refractivity contribution in [3.05, 3.63) is 34.9 Å². The van der Waals surface area contributed by atoms with E-state index in [-0.39, 0.29) is 18.6 Å². The molecule has 0 spiro atoms. The quantitative estimate of drug-likeness (QED) is 0.603. The van der Waals surface area contributed by atoms with E-state index in [0.29, 0.717) is 13.2 Å². The van der Waals surface area contributed by atoms with Crippen LogP contribution in [0, 0.1) is 13.8 Å². The van der Waals surface area contributed by atoms with E-state index in [1.54, 1.807) is 0 Å². The van der Waals surface area contributed by atoms with Gasteiger partial charge in [-0.25, -0.2) is 4.99 Å². The Morgan fingerprint density at radius 3 is 2.81 bits per heavy atom. The predicted molar refractivity (Wildman–Crippen MR) is 105 cm³/mol. The van der Waals surface area contributed by atoms with E-state index in [0.717, 1.165) is 32.0 Å². The van der Waals surface area contributed by atoms with Gasteiger partial charge < -0.3 is 20.3 Å². The molecule has 26 heavy (non-hydrogen) atoms. The molecule has 1 saturated heterocycles. The standard InChI is InChI=1S/C20H32N4O2/c1-5-9-22-19(25)13-23-20(21-6-2)24-10-11-26-18(14-24)17-8-7-15(3)12-16(17)4/h7-8,12,18H,5-6,9-11,13-14H2,1-4H3,(H,21,23)(H,22,25). The van der Waals surface area contributed by atoms with Crippen LogP contribution in [-0.2, 0) is 9.53 Å². The predicted octanol–water partition coefficient (Wildman–Crippen LogP) is 2.17. The Morgan fingerprint density at radius 1 is 1.31 bits per heavy atom. The summed E-state index contributed by atoms with van der Waals surface area (Å²) in [5.74, 6) is 0.735. The van der Waals surface area contributed by atoms with E-state index in [2.05, 4.69) is 52.6 Å². The zero-order chi connectivity index (χ0) is 18.9. The summed E-state index contributed by atoms with van der Waals surface area (Å²) in [6, 6.07) is 6.47. The molecule has 0 radical (unpaired) electrons. The number of nitrogens with one attached hydrogen (secondary N) is 2. The number of hydrogen-bond donors (Lipinski definition) is 2. The van der Waals surface area contributed by atoms with Gasteiger partial charge in [-0.15, -0.1) is 0 Å². The van der Waals surface area contributed by atoms with Gasteiger partial charge in [-0.1, -0.05) is 30.7 Å². The minimum atomic E-state index is -0.0403. The van der Waals surface area contributed by atoms with Crippen LogP contribution in [0.15, 0.2) is 23.2 Å². The summed E-state index contributed by atoms with van der Waals surface area (Å²) in [7, 11) is 0. The lowest BCUT2D eigenvalue weighted by Gasteiger charge is -2.35. The lowest BCUT2D eigenvalue weighted by Crippen LogP contribution is -2.48. The molecular formula is C20H32N4O2. The number of rotatable bonds is 6. The van der Waals surface area contributed by atoms with Crippen LogP contribution in [-0.4, -0.2) is 56.1 Å². The third-order valence-electron chi connectivity index (χ3n) is 4.42. The largest absolute Gasteiger partial charge is 0.370 e. The van der Waals surface area contributed by atoms with Crippen molar-refractivity contribution in [2.24, 2.45) is 4.99 Å². The van der Waals surface area contributed by atoms with Gasteiger partial charge in [0.15, 0.2) is 5.96 Å². The molecule has 0 aliphatic carbocycles. The van der Waals surface area contributed by atoms with Crippen molar-refractivity contribution < 1.29 is 9.53 Å². The topological polar surface area (TPSA) is 66.0 Å². The summed E-state index contributed by atoms with van der Waals surface area (Å²) in [5.41, 5.74) is 3.72. The van der Waals surface area contributed by atoms with Crippen LogP contribution >= 0.6 is 0 Å². The third-order valence-corrected chi connectivity index (χ3v) is 4.42. The second-order valence-electron chi connectivity index (χ2n) is 6.69. The molecule has 0 bridgehead atoms. The number of aliphatic imine (C=N–C) groups is 1. The first-order valence-corrected chi connectivity index (χ1v) is 9.53. The molecule has 1 heterocycles. The molecule has 2 N–H and O–H groups in total. The third kappa shape index (κ3) is 5.73. The molecule has 2 rings (SSSR count). The normalized spacial score (nSPS) is 17.9. The molecule has 1 aliphatic rings. The van der Waals surface area contributed by atoms with Crippen molar-refractivity contribution in [1.29, 1.82) is 0 Å². The van der Waals surface area contributed by atoms with Crippen LogP contribution in [0.5, 0.6) is 0 Å². The molecule has 1 unspecified atom stereocenters. The number of carbonyl (C=O) groups excluding carboxylic acids is 1. The lowest BCUT2D eigenvalue weighted by atomic mass is 10.00. The number of aryl methyl sites for hydroxylation is 2. The fourth-order valence-electron chi connectivity index (χ4n) is 3.11. The Labute approximate surface area is 157 Å². The summed E-state index contributed by atoms with van der Waals surface area (Å²) in [6.07, 6.45) is 0.943. The number of amides is 1. The Kier molecular flexibility index (Phi) is 7.91. The molecule has 1 aliphatic heterocycles. The smallest absolute Gasteiger partial charge is 0.241 e. The van der Waals surface area contributed by atoms with Crippen LogP contribution in [0.25, 0.3) is 0 Å². The Bertz CT molecular complexity index is 630. The second-order valence-corrected chi connectivity index (χ2v) is 6.69. The monoisotopic (exact) mass is 360 g/mol. The van der Waals surface area contributed by atoms with Crippen LogP contribution < -0.4 is 10.6 Å². The Morgan fingerprint density at radius 2 is 2.12 bits per heavy atom. The lowest BCUT2D eigenvalue weighted by molar-refractivity contribution is -0.119. The maximum Gasteiger partial charge on any atom is 0.241 e. The fourth-order valence-corrected chi connectivity index (χ4v) is 3.11. The van der Waals surface area contributed by atoms with E-state index in [9.17, 15) is 4.79 Å². The number of nitrogens with zero attached hydrogens (tertiary/aromatic N) is 2. The highest BCUT2D eigenvalue weighted by atomic mass is 16.5. The molecule has 1 aromatic carbocycles. The molecule has 6 nitrogen and oxygen atoms in total. The van der Waals surface area contributed by atoms with Crippen molar-refractivity contribution in [2.45, 2.75) is 40.2 Å². The van der Waals surface area contributed by atoms with Gasteiger partial charge in [-0.05, 0) is 38.3 Å². The van der Waals surface area contributed by atoms with Gasteiger partial charge in [-0.3, -0.25) is 4.79 Å². The van der Waals surface area contributed by atoms with E-state index < -0.39 is 0 Å². The Hall–Kier alpha value is -2.08. The SMILES string of the molecule is CCCNC(=O)CN=C(NCC)N1CCOC(c2ccc(C)cc2C)C1. The van der Waals surface area contributed by atoms with Crippen molar-refractivity contribution in [2.75, 3.05) is 39.3 Å². The molecule has 1 atom stereocenters. The van der Waals surface area contributed by atoms with Crippen LogP contribution in [0.4, 0.5) is 0 Å². The van der Waals surface area contributed by atoms with Gasteiger partial charge in [0.05, 0.1) is 13.2 Å². The Balaban J connectivity index is 2.07. The van der Waals surface area contributed by atoms with Gasteiger partial charge >= 0.3 is 0 Å². The fraction of sp³-hybridized carbons (Fsp3) is 0.600. The van der Waals surface area contributed by atoms with Gasteiger partial charge in [-0.2, -0.15) is 0 Å². The molecule has 1 aromatic rings. The molecule has 1 amide bonds. The minimum absolute atomic E-state index is 0.0159. The first-order valence-electron chi connectivity index (χ1n) is 9.53. The highest BCUT2D eigenvalue weighted by molar-refractivity contribution is 5.85. The van der Waals surface area contributed by atoms with Crippen LogP contribution in [0.2, 0.25) is 0 Å². The summed E-state index contributed by atoms with van der Waals surface area (Å²) in [6.45, 7) is 12.0. The second kappa shape index (κ2) is 10.2. The zero-order valence-corrected chi connectivity index (χ0v) is 16.5. The van der Waals surface area contributed by atoms with Gasteiger partial charge in [0, 0.05) is 19.6 Å². The maximum absolute atomic E-state index is 11.9. The van der Waals surface area contributed by atoms with E-state index in [1.807, 2.05) is 13.8 Å². The van der Waals surface area contributed by atoms with Crippen molar-refractivity contribution in [1.82, 2.24) is 15.5 Å². The van der Waals surface area contributed by atoms with Crippen molar-refractivity contribution in [3.63, 3.8) is 0 Å². The van der Waals surface area contributed by atoms with E-state index in [1.165, 1.54) is 16.7 Å². The highest BCUT2D eigenvalue weighted by Gasteiger charge is 2.25. The molecule has 0 aromatic heterocycles. The van der Waals surface area contributed by atoms with Gasteiger partial charge in [0.1, 0.15) is 12.6 Å². The summed E-state index contributed by atoms with van der Waals surface area (Å²) in [4.78, 5) is 18.6. The average Bonchev–Trinajstić information content (AvgIpc) is 2.63. The number of carbonyl (C=O) groups is 1. The summed E-state index contributed by atoms with van der Waals surface area (Å²) < 4.78 is 6.02. The van der Waals surface area contributed by atoms with Crippen molar-refractivity contribution >= 4 is 11.9 Å². The number of ether oxygens (including phenoxy) is 1. The van der Waals surface area contributed by atoms with Gasteiger partial charge in [0.25, 0.3) is 0 Å². The highest BCUT2D eigenvalue weighted by Crippen LogP contribution is 2.25. The first kappa shape index (κ1) is 20.2. The number of morpholine rings is 1. The molecular weight excluding hydrogens is 328 g/mol. The maximum atomic E-state index is 11.9. The van der Waals surface area contributed by atoms with Crippen molar-refractivity contribution in [3.8, 4) is 0 Å². The summed E-state index contributed by atoms with van der Waals surface area (Å²) in [5, 5.41) is 6.16. The van der Waals surface area contributed by atoms with E-state index in [4.69, 9.17) is 4.74 Å². The number of guanidine groups is 1. The van der Waals surface area contributed by atoms with E-state index >= 15 is 0 Å². The van der Waals surface area contributed by atoms with Crippen LogP contribution in [0.1, 0.15) is 43.1 Å². The molecule has 144 valence electrons. The first-order chi connectivity index (χ1) is 12.5. The van der Waals surface area contributed by atoms with Crippen LogP contribution in [0.3, 0.4) is 0 Å². The molecule has 0 saturated carbocycles.